The lowest BCUT2D eigenvalue weighted by Gasteiger charge is -2.42. The Morgan fingerprint density at radius 2 is 1.87 bits per heavy atom. The van der Waals surface area contributed by atoms with Crippen LogP contribution in [0, 0.1) is 0 Å². The van der Waals surface area contributed by atoms with E-state index in [1.807, 2.05) is 12.3 Å². The standard InChI is InChI=1S/C21H29N5O4S/c27-21(30-16-3-8-22-9-4-16)25-13-17(14-25)31(28,29)26-10-5-15(6-11-26)19-12-24-20-18(19)2-1-7-23-20/h1-2,7,12,15-17,22H,3-6,8-11,13-14H2,(H,23,24). The molecule has 0 atom stereocenters. The minimum atomic E-state index is -3.41. The van der Waals surface area contributed by atoms with Gasteiger partial charge in [0.25, 0.3) is 0 Å². The fraction of sp³-hybridized carbons (Fsp3) is 0.619. The van der Waals surface area contributed by atoms with Gasteiger partial charge in [0.1, 0.15) is 17.0 Å². The number of likely N-dealkylation sites (tertiary alicyclic amines) is 1. The first kappa shape index (κ1) is 20.7. The number of H-pyrrole nitrogens is 1. The van der Waals surface area contributed by atoms with Gasteiger partial charge >= 0.3 is 6.09 Å². The topological polar surface area (TPSA) is 108 Å². The maximum atomic E-state index is 13.1. The van der Waals surface area contributed by atoms with Crippen LogP contribution in [-0.4, -0.2) is 84.3 Å². The van der Waals surface area contributed by atoms with Crippen molar-refractivity contribution in [3.8, 4) is 0 Å². The van der Waals surface area contributed by atoms with Crippen molar-refractivity contribution in [3.05, 3.63) is 30.1 Å². The largest absolute Gasteiger partial charge is 0.446 e. The molecule has 2 N–H and O–H groups in total. The Morgan fingerprint density at radius 3 is 2.61 bits per heavy atom. The van der Waals surface area contributed by atoms with Gasteiger partial charge < -0.3 is 19.9 Å². The highest BCUT2D eigenvalue weighted by molar-refractivity contribution is 7.89. The van der Waals surface area contributed by atoms with E-state index in [9.17, 15) is 13.2 Å². The summed E-state index contributed by atoms with van der Waals surface area (Å²) in [4.78, 5) is 21.4. The van der Waals surface area contributed by atoms with Crippen LogP contribution in [0.25, 0.3) is 11.0 Å². The third-order valence-electron chi connectivity index (χ3n) is 6.82. The summed E-state index contributed by atoms with van der Waals surface area (Å²) in [6, 6.07) is 3.99. The van der Waals surface area contributed by atoms with Crippen LogP contribution >= 0.6 is 0 Å². The van der Waals surface area contributed by atoms with Gasteiger partial charge in [-0.1, -0.05) is 0 Å². The second-order valence-corrected chi connectivity index (χ2v) is 10.9. The lowest BCUT2D eigenvalue weighted by Crippen LogP contribution is -2.61. The molecule has 5 heterocycles. The van der Waals surface area contributed by atoms with Gasteiger partial charge in [0.2, 0.25) is 10.0 Å². The van der Waals surface area contributed by atoms with Crippen molar-refractivity contribution in [1.29, 1.82) is 0 Å². The Bertz CT molecular complexity index is 1030. The smallest absolute Gasteiger partial charge is 0.410 e. The lowest BCUT2D eigenvalue weighted by molar-refractivity contribution is 0.0355. The first-order valence-corrected chi connectivity index (χ1v) is 12.6. The van der Waals surface area contributed by atoms with E-state index < -0.39 is 15.3 Å². The van der Waals surface area contributed by atoms with Crippen LogP contribution < -0.4 is 5.32 Å². The van der Waals surface area contributed by atoms with E-state index >= 15 is 0 Å². The third-order valence-corrected chi connectivity index (χ3v) is 9.04. The average Bonchev–Trinajstić information content (AvgIpc) is 3.17. The summed E-state index contributed by atoms with van der Waals surface area (Å²) in [6.07, 6.45) is 6.51. The normalized spacial score (nSPS) is 22.5. The molecule has 0 bridgehead atoms. The number of hydrogen-bond donors (Lipinski definition) is 2. The minimum Gasteiger partial charge on any atom is -0.446 e. The summed E-state index contributed by atoms with van der Waals surface area (Å²) in [6.45, 7) is 3.16. The van der Waals surface area contributed by atoms with Crippen LogP contribution in [0.4, 0.5) is 4.79 Å². The number of aromatic nitrogens is 2. The van der Waals surface area contributed by atoms with E-state index in [2.05, 4.69) is 21.4 Å². The number of carbonyl (C=O) groups is 1. The SMILES string of the molecule is O=C(OC1CCNCC1)N1CC(S(=O)(=O)N2CCC(c3c[nH]c4ncccc34)CC2)C1. The lowest BCUT2D eigenvalue weighted by atomic mass is 9.90. The fourth-order valence-electron chi connectivity index (χ4n) is 4.85. The van der Waals surface area contributed by atoms with E-state index in [0.717, 1.165) is 49.8 Å². The van der Waals surface area contributed by atoms with Crippen molar-refractivity contribution in [3.63, 3.8) is 0 Å². The van der Waals surface area contributed by atoms with Crippen molar-refractivity contribution in [2.75, 3.05) is 39.3 Å². The van der Waals surface area contributed by atoms with Gasteiger partial charge in [-0.15, -0.1) is 0 Å². The summed E-state index contributed by atoms with van der Waals surface area (Å²) < 4.78 is 33.2. The Hall–Kier alpha value is -2.17. The van der Waals surface area contributed by atoms with Gasteiger partial charge in [-0.25, -0.2) is 22.5 Å². The van der Waals surface area contributed by atoms with Gasteiger partial charge in [-0.2, -0.15) is 0 Å². The molecular formula is C21H29N5O4S. The fourth-order valence-corrected chi connectivity index (χ4v) is 6.73. The number of hydrogen-bond acceptors (Lipinski definition) is 6. The second kappa shape index (κ2) is 8.40. The molecule has 9 nitrogen and oxygen atoms in total. The van der Waals surface area contributed by atoms with Gasteiger partial charge in [0.05, 0.1) is 0 Å². The van der Waals surface area contributed by atoms with Crippen LogP contribution in [0.15, 0.2) is 24.5 Å². The van der Waals surface area contributed by atoms with E-state index in [1.165, 1.54) is 10.5 Å². The van der Waals surface area contributed by atoms with Gasteiger partial charge in [0.15, 0.2) is 0 Å². The van der Waals surface area contributed by atoms with E-state index in [0.29, 0.717) is 19.0 Å². The zero-order valence-corrected chi connectivity index (χ0v) is 18.3. The molecule has 3 saturated heterocycles. The summed E-state index contributed by atoms with van der Waals surface area (Å²) in [5.74, 6) is 0.322. The molecule has 0 radical (unpaired) electrons. The predicted molar refractivity (Wildman–Crippen MR) is 116 cm³/mol. The molecule has 3 aliphatic rings. The van der Waals surface area contributed by atoms with Crippen LogP contribution in [0.5, 0.6) is 0 Å². The number of piperidine rings is 2. The van der Waals surface area contributed by atoms with Gasteiger partial charge in [-0.05, 0) is 62.4 Å². The predicted octanol–water partition coefficient (Wildman–Crippen LogP) is 1.64. The highest BCUT2D eigenvalue weighted by atomic mass is 32.2. The Balaban J connectivity index is 1.14. The van der Waals surface area contributed by atoms with Crippen molar-refractivity contribution in [2.45, 2.75) is 43.0 Å². The number of ether oxygens (including phenoxy) is 1. The summed E-state index contributed by atoms with van der Waals surface area (Å²) in [5, 5.41) is 3.82. The quantitative estimate of drug-likeness (QED) is 0.738. The van der Waals surface area contributed by atoms with Gasteiger partial charge in [-0.3, -0.25) is 0 Å². The Kier molecular flexibility index (Phi) is 5.61. The minimum absolute atomic E-state index is 0.0665. The molecule has 1 amide bonds. The maximum Gasteiger partial charge on any atom is 0.410 e. The number of nitrogens with zero attached hydrogens (tertiary/aromatic N) is 3. The number of amides is 1. The molecular weight excluding hydrogens is 418 g/mol. The maximum absolute atomic E-state index is 13.1. The Morgan fingerprint density at radius 1 is 1.13 bits per heavy atom. The number of rotatable bonds is 4. The van der Waals surface area contributed by atoms with Crippen LogP contribution in [0.2, 0.25) is 0 Å². The number of fused-ring (bicyclic) bond motifs is 1. The van der Waals surface area contributed by atoms with E-state index in [1.54, 1.807) is 10.5 Å². The molecule has 0 aliphatic carbocycles. The molecule has 0 spiro atoms. The third kappa shape index (κ3) is 4.04. The zero-order chi connectivity index (χ0) is 21.4. The highest BCUT2D eigenvalue weighted by Gasteiger charge is 2.44. The molecule has 2 aromatic heterocycles. The van der Waals surface area contributed by atoms with Crippen molar-refractivity contribution >= 4 is 27.1 Å². The monoisotopic (exact) mass is 447 g/mol. The summed E-state index contributed by atoms with van der Waals surface area (Å²) in [7, 11) is -3.41. The van der Waals surface area contributed by atoms with Crippen LogP contribution in [0.3, 0.4) is 0 Å². The zero-order valence-electron chi connectivity index (χ0n) is 17.5. The van der Waals surface area contributed by atoms with Crippen molar-refractivity contribution in [1.82, 2.24) is 24.5 Å². The van der Waals surface area contributed by atoms with Crippen LogP contribution in [0.1, 0.15) is 37.2 Å². The molecule has 0 aromatic carbocycles. The Labute approximate surface area is 182 Å². The average molecular weight is 448 g/mol. The highest BCUT2D eigenvalue weighted by Crippen LogP contribution is 2.34. The number of pyridine rings is 1. The second-order valence-electron chi connectivity index (χ2n) is 8.72. The van der Waals surface area contributed by atoms with E-state index in [4.69, 9.17) is 4.74 Å². The molecule has 168 valence electrons. The molecule has 31 heavy (non-hydrogen) atoms. The molecule has 3 fully saturated rings. The number of aromatic amines is 1. The molecule has 5 rings (SSSR count). The first-order chi connectivity index (χ1) is 15.0. The summed E-state index contributed by atoms with van der Waals surface area (Å²) in [5.41, 5.74) is 2.09. The first-order valence-electron chi connectivity index (χ1n) is 11.1. The number of carbonyl (C=O) groups excluding carboxylic acids is 1. The molecule has 0 saturated carbocycles. The van der Waals surface area contributed by atoms with Crippen molar-refractivity contribution in [2.24, 2.45) is 0 Å². The molecule has 3 aliphatic heterocycles. The van der Waals surface area contributed by atoms with Crippen LogP contribution in [-0.2, 0) is 14.8 Å². The number of nitrogens with one attached hydrogen (secondary N) is 2. The van der Waals surface area contributed by atoms with Gasteiger partial charge in [0, 0.05) is 44.0 Å². The van der Waals surface area contributed by atoms with E-state index in [-0.39, 0.29) is 25.3 Å². The molecule has 10 heteroatoms. The van der Waals surface area contributed by atoms with Crippen molar-refractivity contribution < 1.29 is 17.9 Å². The summed E-state index contributed by atoms with van der Waals surface area (Å²) >= 11 is 0. The molecule has 2 aromatic rings. The number of sulfonamides is 1. The molecule has 0 unspecified atom stereocenters.